The highest BCUT2D eigenvalue weighted by Gasteiger charge is 2.10. The second-order valence-electron chi connectivity index (χ2n) is 5.37. The monoisotopic (exact) mass is 322 g/mol. The Morgan fingerprint density at radius 3 is 2.43 bits per heavy atom. The summed E-state index contributed by atoms with van der Waals surface area (Å²) in [4.78, 5) is 4.29. The second kappa shape index (κ2) is 6.75. The van der Waals surface area contributed by atoms with E-state index in [4.69, 9.17) is 0 Å². The molecule has 2 aromatic carbocycles. The maximum absolute atomic E-state index is 11.3. The van der Waals surface area contributed by atoms with Crippen molar-refractivity contribution >= 4 is 16.7 Å². The summed E-state index contributed by atoms with van der Waals surface area (Å²) in [5.41, 5.74) is 6.53. The molecule has 1 unspecified atom stereocenters. The highest BCUT2D eigenvalue weighted by atomic mass is 32.2. The molecule has 0 spiro atoms. The van der Waals surface area contributed by atoms with Crippen molar-refractivity contribution in [2.24, 2.45) is 0 Å². The van der Waals surface area contributed by atoms with E-state index in [9.17, 15) is 4.21 Å². The largest absolute Gasteiger partial charge is 0.305 e. The lowest BCUT2D eigenvalue weighted by Crippen LogP contribution is -2.01. The van der Waals surface area contributed by atoms with Crippen molar-refractivity contribution in [1.82, 2.24) is 4.98 Å². The molecule has 0 amide bonds. The number of rotatable bonds is 4. The van der Waals surface area contributed by atoms with Crippen LogP contribution in [0, 0.1) is 6.92 Å². The first-order valence-corrected chi connectivity index (χ1v) is 8.91. The van der Waals surface area contributed by atoms with Crippen molar-refractivity contribution in [2.45, 2.75) is 6.92 Å². The van der Waals surface area contributed by atoms with E-state index in [1.54, 1.807) is 6.26 Å². The topological polar surface area (TPSA) is 42.0 Å². The number of anilines is 1. The highest BCUT2D eigenvalue weighted by molar-refractivity contribution is 7.85. The second-order valence-corrected chi connectivity index (χ2v) is 6.49. The van der Waals surface area contributed by atoms with Gasteiger partial charge in [0.25, 0.3) is 0 Å². The molecule has 0 aliphatic carbocycles. The molecule has 1 atom stereocenters. The molecule has 0 fully saturated rings. The van der Waals surface area contributed by atoms with E-state index >= 15 is 0 Å². The number of nitrogens with one attached hydrogen (secondary N) is 1. The van der Waals surface area contributed by atoms with E-state index < -0.39 is 11.0 Å². The summed E-state index contributed by atoms with van der Waals surface area (Å²) in [6.07, 6.45) is 5.34. The van der Waals surface area contributed by atoms with Crippen molar-refractivity contribution < 1.29 is 4.21 Å². The van der Waals surface area contributed by atoms with Crippen LogP contribution in [0.1, 0.15) is 5.56 Å². The molecule has 23 heavy (non-hydrogen) atoms. The SMILES string of the molecule is Cc1cc(NS(C)=O)ccc1-c1cnccc1-c1ccccc1. The van der Waals surface area contributed by atoms with E-state index in [1.165, 1.54) is 5.56 Å². The Hall–Kier alpha value is -2.46. The fourth-order valence-electron chi connectivity index (χ4n) is 2.67. The van der Waals surface area contributed by atoms with Gasteiger partial charge in [-0.3, -0.25) is 4.98 Å². The van der Waals surface area contributed by atoms with Gasteiger partial charge in [0, 0.05) is 29.9 Å². The van der Waals surface area contributed by atoms with Gasteiger partial charge in [-0.15, -0.1) is 0 Å². The number of benzene rings is 2. The third kappa shape index (κ3) is 3.48. The van der Waals surface area contributed by atoms with Crippen LogP contribution in [0.5, 0.6) is 0 Å². The number of hydrogen-bond donors (Lipinski definition) is 1. The molecule has 116 valence electrons. The van der Waals surface area contributed by atoms with E-state index in [1.807, 2.05) is 54.9 Å². The molecule has 1 aromatic heterocycles. The Labute approximate surface area is 139 Å². The maximum atomic E-state index is 11.3. The summed E-state index contributed by atoms with van der Waals surface area (Å²) in [6.45, 7) is 2.06. The lowest BCUT2D eigenvalue weighted by atomic mass is 9.94. The number of nitrogens with zero attached hydrogens (tertiary/aromatic N) is 1. The molecular weight excluding hydrogens is 304 g/mol. The standard InChI is InChI=1S/C19H18N2OS/c1-14-12-16(21-23(2)22)8-9-17(14)19-13-20-11-10-18(19)15-6-4-3-5-7-15/h3-13,21H,1-2H3. The van der Waals surface area contributed by atoms with Crippen LogP contribution < -0.4 is 4.72 Å². The molecular formula is C19H18N2OS. The molecule has 1 heterocycles. The van der Waals surface area contributed by atoms with Crippen molar-refractivity contribution in [3.8, 4) is 22.3 Å². The van der Waals surface area contributed by atoms with Gasteiger partial charge in [-0.2, -0.15) is 0 Å². The van der Waals surface area contributed by atoms with Crippen molar-refractivity contribution in [2.75, 3.05) is 11.0 Å². The number of aryl methyl sites for hydroxylation is 1. The molecule has 0 aliphatic rings. The van der Waals surface area contributed by atoms with Crippen LogP contribution in [0.4, 0.5) is 5.69 Å². The van der Waals surface area contributed by atoms with Crippen LogP contribution in [0.2, 0.25) is 0 Å². The molecule has 0 saturated heterocycles. The third-order valence-electron chi connectivity index (χ3n) is 3.68. The van der Waals surface area contributed by atoms with Crippen molar-refractivity contribution in [3.63, 3.8) is 0 Å². The predicted molar refractivity (Wildman–Crippen MR) is 97.5 cm³/mol. The van der Waals surface area contributed by atoms with Gasteiger partial charge in [-0.25, -0.2) is 4.21 Å². The summed E-state index contributed by atoms with van der Waals surface area (Å²) in [5, 5.41) is 0. The lowest BCUT2D eigenvalue weighted by Gasteiger charge is -2.13. The quantitative estimate of drug-likeness (QED) is 0.772. The van der Waals surface area contributed by atoms with Crippen LogP contribution in [0.25, 0.3) is 22.3 Å². The van der Waals surface area contributed by atoms with Crippen molar-refractivity contribution in [3.05, 3.63) is 72.6 Å². The molecule has 3 nitrogen and oxygen atoms in total. The van der Waals surface area contributed by atoms with Gasteiger partial charge in [0.15, 0.2) is 0 Å². The van der Waals surface area contributed by atoms with Crippen LogP contribution in [0.3, 0.4) is 0 Å². The molecule has 0 bridgehead atoms. The first kappa shape index (κ1) is 15.4. The zero-order chi connectivity index (χ0) is 16.2. The Balaban J connectivity index is 2.08. The number of hydrogen-bond acceptors (Lipinski definition) is 2. The summed E-state index contributed by atoms with van der Waals surface area (Å²) in [6, 6.07) is 18.3. The predicted octanol–water partition coefficient (Wildman–Crippen LogP) is 4.43. The zero-order valence-electron chi connectivity index (χ0n) is 13.1. The number of pyridine rings is 1. The molecule has 0 aliphatic heterocycles. The maximum Gasteiger partial charge on any atom is 0.113 e. The molecule has 1 N–H and O–H groups in total. The van der Waals surface area contributed by atoms with Crippen LogP contribution >= 0.6 is 0 Å². The van der Waals surface area contributed by atoms with Crippen LogP contribution in [-0.2, 0) is 11.0 Å². The van der Waals surface area contributed by atoms with Gasteiger partial charge in [-0.1, -0.05) is 36.4 Å². The zero-order valence-corrected chi connectivity index (χ0v) is 13.9. The third-order valence-corrected chi connectivity index (χ3v) is 4.21. The van der Waals surface area contributed by atoms with E-state index in [-0.39, 0.29) is 0 Å². The first-order valence-electron chi connectivity index (χ1n) is 7.35. The summed E-state index contributed by atoms with van der Waals surface area (Å²) < 4.78 is 14.2. The van der Waals surface area contributed by atoms with Gasteiger partial charge in [0.1, 0.15) is 11.0 Å². The summed E-state index contributed by atoms with van der Waals surface area (Å²) >= 11 is 0. The number of aromatic nitrogens is 1. The minimum Gasteiger partial charge on any atom is -0.305 e. The van der Waals surface area contributed by atoms with E-state index in [0.29, 0.717) is 0 Å². The fraction of sp³-hybridized carbons (Fsp3) is 0.105. The Morgan fingerprint density at radius 2 is 1.74 bits per heavy atom. The Kier molecular flexibility index (Phi) is 4.53. The van der Waals surface area contributed by atoms with Gasteiger partial charge in [-0.05, 0) is 47.4 Å². The van der Waals surface area contributed by atoms with Crippen LogP contribution in [0.15, 0.2) is 67.0 Å². The average Bonchev–Trinajstić information content (AvgIpc) is 2.55. The van der Waals surface area contributed by atoms with Gasteiger partial charge in [0.2, 0.25) is 0 Å². The molecule has 0 radical (unpaired) electrons. The van der Waals surface area contributed by atoms with E-state index in [0.717, 1.165) is 27.9 Å². The summed E-state index contributed by atoms with van der Waals surface area (Å²) in [5.74, 6) is 0. The summed E-state index contributed by atoms with van der Waals surface area (Å²) in [7, 11) is -1.07. The molecule has 3 rings (SSSR count). The normalized spacial score (nSPS) is 11.9. The van der Waals surface area contributed by atoms with Gasteiger partial charge in [0.05, 0.1) is 0 Å². The fourth-order valence-corrected chi connectivity index (χ4v) is 3.13. The van der Waals surface area contributed by atoms with Crippen molar-refractivity contribution in [1.29, 1.82) is 0 Å². The Bertz CT molecular complexity index is 847. The minimum atomic E-state index is -1.07. The lowest BCUT2D eigenvalue weighted by molar-refractivity contribution is 0.690. The van der Waals surface area contributed by atoms with Gasteiger partial charge < -0.3 is 4.72 Å². The Morgan fingerprint density at radius 1 is 0.957 bits per heavy atom. The van der Waals surface area contributed by atoms with Gasteiger partial charge >= 0.3 is 0 Å². The minimum absolute atomic E-state index is 0.859. The van der Waals surface area contributed by atoms with Crippen LogP contribution in [-0.4, -0.2) is 15.4 Å². The first-order chi connectivity index (χ1) is 11.1. The molecule has 4 heteroatoms. The molecule has 3 aromatic rings. The average molecular weight is 322 g/mol. The smallest absolute Gasteiger partial charge is 0.113 e. The highest BCUT2D eigenvalue weighted by Crippen LogP contribution is 2.34. The van der Waals surface area contributed by atoms with E-state index in [2.05, 4.69) is 28.8 Å². The molecule has 0 saturated carbocycles.